The standard InChI is InChI=1S/C19H37N2.BrH/c1-21(2,3)8-6-4-5-7-20-15-19-12-16-9-17(13-19)11-18(10-16)14-19;/h16-18,20H,4-15H2,1-3H3;1H/q+1;/p-1. The number of quaternary nitrogens is 1. The van der Waals surface area contributed by atoms with E-state index in [1.54, 1.807) is 38.5 Å². The summed E-state index contributed by atoms with van der Waals surface area (Å²) in [6.45, 7) is 3.89. The normalized spacial score (nSPS) is 36.4. The predicted molar refractivity (Wildman–Crippen MR) is 90.2 cm³/mol. The molecule has 130 valence electrons. The summed E-state index contributed by atoms with van der Waals surface area (Å²) in [6.07, 6.45) is 13.5. The highest BCUT2D eigenvalue weighted by molar-refractivity contribution is 5.02. The number of hydrogen-bond acceptors (Lipinski definition) is 1. The van der Waals surface area contributed by atoms with Gasteiger partial charge in [-0.25, -0.2) is 0 Å². The molecule has 0 atom stereocenters. The molecule has 0 heterocycles. The summed E-state index contributed by atoms with van der Waals surface area (Å²) in [5.74, 6) is 3.30. The molecule has 4 aliphatic carbocycles. The van der Waals surface area contributed by atoms with Gasteiger partial charge in [-0.1, -0.05) is 0 Å². The molecular formula is C19H37BrN2. The Labute approximate surface area is 148 Å². The molecule has 0 amide bonds. The van der Waals surface area contributed by atoms with E-state index < -0.39 is 0 Å². The van der Waals surface area contributed by atoms with Crippen LogP contribution in [0, 0.1) is 23.2 Å². The van der Waals surface area contributed by atoms with Crippen LogP contribution in [0.25, 0.3) is 0 Å². The molecule has 1 N–H and O–H groups in total. The van der Waals surface area contributed by atoms with E-state index in [-0.39, 0.29) is 17.0 Å². The SMILES string of the molecule is C[N+](C)(C)CCCCCNCC12CC3CC(CC(C3)C1)C2.[Br-]. The van der Waals surface area contributed by atoms with Gasteiger partial charge in [-0.15, -0.1) is 0 Å². The Kier molecular flexibility index (Phi) is 6.41. The van der Waals surface area contributed by atoms with Crippen LogP contribution >= 0.6 is 0 Å². The minimum Gasteiger partial charge on any atom is -1.00 e. The van der Waals surface area contributed by atoms with Crippen molar-refractivity contribution in [3.63, 3.8) is 0 Å². The Bertz CT molecular complexity index is 313. The molecule has 0 aromatic heterocycles. The molecule has 0 aliphatic heterocycles. The van der Waals surface area contributed by atoms with E-state index in [9.17, 15) is 0 Å². The first-order valence-corrected chi connectivity index (χ1v) is 9.45. The second-order valence-corrected chi connectivity index (χ2v) is 9.67. The lowest BCUT2D eigenvalue weighted by Crippen LogP contribution is -3.00. The largest absolute Gasteiger partial charge is 1.00 e. The van der Waals surface area contributed by atoms with Gasteiger partial charge in [-0.2, -0.15) is 0 Å². The average Bonchev–Trinajstić information content (AvgIpc) is 2.34. The van der Waals surface area contributed by atoms with E-state index in [1.165, 1.54) is 38.9 Å². The van der Waals surface area contributed by atoms with Crippen LogP contribution in [0.15, 0.2) is 0 Å². The van der Waals surface area contributed by atoms with Crippen LogP contribution in [0.3, 0.4) is 0 Å². The van der Waals surface area contributed by atoms with Crippen LogP contribution < -0.4 is 22.3 Å². The number of hydrogen-bond donors (Lipinski definition) is 1. The number of unbranched alkanes of at least 4 members (excludes halogenated alkanes) is 2. The zero-order valence-corrected chi connectivity index (χ0v) is 16.6. The van der Waals surface area contributed by atoms with Gasteiger partial charge in [0.25, 0.3) is 0 Å². The minimum absolute atomic E-state index is 0. The second-order valence-electron chi connectivity index (χ2n) is 9.67. The van der Waals surface area contributed by atoms with Crippen LogP contribution in [0.2, 0.25) is 0 Å². The Morgan fingerprint density at radius 3 is 1.91 bits per heavy atom. The van der Waals surface area contributed by atoms with Crippen molar-refractivity contribution in [2.24, 2.45) is 23.2 Å². The third-order valence-electron chi connectivity index (χ3n) is 6.35. The van der Waals surface area contributed by atoms with Gasteiger partial charge in [0, 0.05) is 6.54 Å². The smallest absolute Gasteiger partial charge is 0.0780 e. The molecule has 0 spiro atoms. The number of nitrogens with zero attached hydrogens (tertiary/aromatic N) is 1. The topological polar surface area (TPSA) is 12.0 Å². The van der Waals surface area contributed by atoms with Crippen molar-refractivity contribution in [3.05, 3.63) is 0 Å². The van der Waals surface area contributed by atoms with Crippen LogP contribution in [0.1, 0.15) is 57.8 Å². The molecule has 0 saturated heterocycles. The summed E-state index contributed by atoms with van der Waals surface area (Å²) < 4.78 is 1.11. The molecule has 4 bridgehead atoms. The maximum Gasteiger partial charge on any atom is 0.0780 e. The molecule has 3 heteroatoms. The third-order valence-corrected chi connectivity index (χ3v) is 6.35. The van der Waals surface area contributed by atoms with E-state index in [0.29, 0.717) is 0 Å². The van der Waals surface area contributed by atoms with Crippen LogP contribution in [0.5, 0.6) is 0 Å². The van der Waals surface area contributed by atoms with E-state index in [4.69, 9.17) is 0 Å². The van der Waals surface area contributed by atoms with Crippen molar-refractivity contribution >= 4 is 0 Å². The lowest BCUT2D eigenvalue weighted by atomic mass is 9.49. The Hall–Kier alpha value is 0.400. The van der Waals surface area contributed by atoms with Gasteiger partial charge >= 0.3 is 0 Å². The van der Waals surface area contributed by atoms with E-state index >= 15 is 0 Å². The molecular weight excluding hydrogens is 336 g/mol. The summed E-state index contributed by atoms with van der Waals surface area (Å²) in [6, 6.07) is 0. The predicted octanol–water partition coefficient (Wildman–Crippen LogP) is 0.673. The molecule has 4 rings (SSSR count). The van der Waals surface area contributed by atoms with Gasteiger partial charge in [-0.3, -0.25) is 0 Å². The lowest BCUT2D eigenvalue weighted by molar-refractivity contribution is -0.870. The Balaban J connectivity index is 0.00000176. The molecule has 0 unspecified atom stereocenters. The summed E-state index contributed by atoms with van der Waals surface area (Å²) >= 11 is 0. The molecule has 2 nitrogen and oxygen atoms in total. The van der Waals surface area contributed by atoms with Gasteiger partial charge in [-0.05, 0) is 87.5 Å². The quantitative estimate of drug-likeness (QED) is 0.487. The highest BCUT2D eigenvalue weighted by Gasteiger charge is 2.50. The van der Waals surface area contributed by atoms with Crippen molar-refractivity contribution < 1.29 is 21.5 Å². The Morgan fingerprint density at radius 2 is 1.41 bits per heavy atom. The molecule has 4 fully saturated rings. The van der Waals surface area contributed by atoms with Crippen LogP contribution in [-0.2, 0) is 0 Å². The maximum absolute atomic E-state index is 3.83. The van der Waals surface area contributed by atoms with Crippen molar-refractivity contribution in [1.29, 1.82) is 0 Å². The van der Waals surface area contributed by atoms with Gasteiger partial charge < -0.3 is 26.8 Å². The van der Waals surface area contributed by atoms with Gasteiger partial charge in [0.2, 0.25) is 0 Å². The lowest BCUT2D eigenvalue weighted by Gasteiger charge is -2.57. The monoisotopic (exact) mass is 372 g/mol. The molecule has 0 aromatic carbocycles. The van der Waals surface area contributed by atoms with Crippen molar-refractivity contribution in [2.75, 3.05) is 40.8 Å². The molecule has 4 aliphatic rings. The molecule has 0 aromatic rings. The highest BCUT2D eigenvalue weighted by atomic mass is 79.9. The van der Waals surface area contributed by atoms with E-state index in [1.807, 2.05) is 0 Å². The third kappa shape index (κ3) is 4.95. The van der Waals surface area contributed by atoms with Gasteiger partial charge in [0.15, 0.2) is 0 Å². The van der Waals surface area contributed by atoms with Crippen LogP contribution in [0.4, 0.5) is 0 Å². The number of nitrogens with one attached hydrogen (secondary N) is 1. The molecule has 0 radical (unpaired) electrons. The zero-order chi connectivity index (χ0) is 14.9. The summed E-state index contributed by atoms with van der Waals surface area (Å²) in [5.41, 5.74) is 0.719. The zero-order valence-electron chi connectivity index (χ0n) is 15.0. The first kappa shape index (κ1) is 18.7. The van der Waals surface area contributed by atoms with Crippen molar-refractivity contribution in [3.8, 4) is 0 Å². The molecule has 4 saturated carbocycles. The first-order valence-electron chi connectivity index (χ1n) is 9.45. The highest BCUT2D eigenvalue weighted by Crippen LogP contribution is 2.59. The fourth-order valence-corrected chi connectivity index (χ4v) is 5.87. The Morgan fingerprint density at radius 1 is 0.864 bits per heavy atom. The fraction of sp³-hybridized carbons (Fsp3) is 1.00. The van der Waals surface area contributed by atoms with Crippen molar-refractivity contribution in [2.45, 2.75) is 57.8 Å². The second kappa shape index (κ2) is 7.53. The van der Waals surface area contributed by atoms with E-state index in [0.717, 1.165) is 27.7 Å². The van der Waals surface area contributed by atoms with Crippen molar-refractivity contribution in [1.82, 2.24) is 5.32 Å². The number of halogens is 1. The maximum atomic E-state index is 3.83. The average molecular weight is 373 g/mol. The summed E-state index contributed by atoms with van der Waals surface area (Å²) in [7, 11) is 6.89. The van der Waals surface area contributed by atoms with E-state index in [2.05, 4.69) is 26.5 Å². The summed E-state index contributed by atoms with van der Waals surface area (Å²) in [4.78, 5) is 0. The first-order chi connectivity index (χ1) is 9.94. The fourth-order valence-electron chi connectivity index (χ4n) is 5.87. The van der Waals surface area contributed by atoms with Gasteiger partial charge in [0.05, 0.1) is 27.7 Å². The number of rotatable bonds is 8. The minimum atomic E-state index is 0. The van der Waals surface area contributed by atoms with Gasteiger partial charge in [0.1, 0.15) is 0 Å². The van der Waals surface area contributed by atoms with Crippen LogP contribution in [-0.4, -0.2) is 45.3 Å². The molecule has 22 heavy (non-hydrogen) atoms. The summed E-state index contributed by atoms with van der Waals surface area (Å²) in [5, 5.41) is 3.83.